The third-order valence-electron chi connectivity index (χ3n) is 3.72. The summed E-state index contributed by atoms with van der Waals surface area (Å²) in [5.41, 5.74) is 5.90. The molecule has 0 saturated carbocycles. The number of amides is 1. The van der Waals surface area contributed by atoms with E-state index in [9.17, 15) is 18.7 Å². The zero-order valence-electron chi connectivity index (χ0n) is 13.8. The Hall–Kier alpha value is -1.99. The van der Waals surface area contributed by atoms with Crippen LogP contribution >= 0.6 is 0 Å². The van der Waals surface area contributed by atoms with Crippen molar-refractivity contribution in [3.63, 3.8) is 0 Å². The molecular formula is C17H22F2N2O3. The molecule has 1 aromatic carbocycles. The van der Waals surface area contributed by atoms with Crippen molar-refractivity contribution >= 4 is 17.2 Å². The fraction of sp³-hybridized carbons (Fsp3) is 0.471. The van der Waals surface area contributed by atoms with Gasteiger partial charge in [-0.25, -0.2) is 8.78 Å². The van der Waals surface area contributed by atoms with E-state index in [-0.39, 0.29) is 36.7 Å². The summed E-state index contributed by atoms with van der Waals surface area (Å²) >= 11 is 0. The van der Waals surface area contributed by atoms with Crippen molar-refractivity contribution in [1.82, 2.24) is 4.90 Å². The minimum Gasteiger partial charge on any atom is -0.399 e. The maximum Gasteiger partial charge on any atom is 0.225 e. The zero-order valence-corrected chi connectivity index (χ0v) is 13.8. The van der Waals surface area contributed by atoms with Crippen molar-refractivity contribution < 1.29 is 23.4 Å². The second-order valence-corrected chi connectivity index (χ2v) is 6.22. The van der Waals surface area contributed by atoms with Crippen LogP contribution in [-0.4, -0.2) is 41.4 Å². The number of nitrogen functional groups attached to an aromatic ring is 1. The van der Waals surface area contributed by atoms with Gasteiger partial charge >= 0.3 is 0 Å². The summed E-state index contributed by atoms with van der Waals surface area (Å²) in [7, 11) is 0. The number of nitrogens with two attached hydrogens (primary N) is 1. The molecule has 24 heavy (non-hydrogen) atoms. The molecule has 0 radical (unpaired) electrons. The Labute approximate surface area is 139 Å². The quantitative estimate of drug-likeness (QED) is 0.637. The molecule has 2 rings (SSSR count). The van der Waals surface area contributed by atoms with Gasteiger partial charge in [0.25, 0.3) is 0 Å². The second kappa shape index (κ2) is 7.27. The van der Waals surface area contributed by atoms with Gasteiger partial charge in [0.05, 0.1) is 13.0 Å². The van der Waals surface area contributed by atoms with E-state index in [1.165, 1.54) is 13.8 Å². The lowest BCUT2D eigenvalue weighted by Crippen LogP contribution is -2.36. The minimum atomic E-state index is -1.28. The van der Waals surface area contributed by atoms with Crippen molar-refractivity contribution in [3.05, 3.63) is 35.4 Å². The number of carbonyl (C=O) groups excluding carboxylic acids is 1. The van der Waals surface area contributed by atoms with Crippen molar-refractivity contribution in [3.8, 4) is 0 Å². The zero-order chi connectivity index (χ0) is 17.9. The van der Waals surface area contributed by atoms with Gasteiger partial charge in [-0.3, -0.25) is 4.79 Å². The molecule has 0 spiro atoms. The smallest absolute Gasteiger partial charge is 0.225 e. The van der Waals surface area contributed by atoms with Gasteiger partial charge in [0.1, 0.15) is 11.6 Å². The van der Waals surface area contributed by atoms with Gasteiger partial charge in [-0.1, -0.05) is 6.08 Å². The van der Waals surface area contributed by atoms with E-state index in [4.69, 9.17) is 10.5 Å². The summed E-state index contributed by atoms with van der Waals surface area (Å²) in [6.07, 6.45) is 2.14. The van der Waals surface area contributed by atoms with Gasteiger partial charge < -0.3 is 20.5 Å². The molecule has 1 aliphatic heterocycles. The third kappa shape index (κ3) is 4.75. The highest BCUT2D eigenvalue weighted by Gasteiger charge is 2.22. The van der Waals surface area contributed by atoms with Gasteiger partial charge in [-0.05, 0) is 38.0 Å². The normalized spacial score (nSPS) is 15.4. The van der Waals surface area contributed by atoms with Crippen LogP contribution < -0.4 is 5.73 Å². The molecule has 1 aromatic rings. The average molecular weight is 340 g/mol. The minimum absolute atomic E-state index is 0.0359. The predicted molar refractivity (Wildman–Crippen MR) is 86.8 cm³/mol. The number of hydrogen-bond donors (Lipinski definition) is 2. The van der Waals surface area contributed by atoms with Crippen molar-refractivity contribution in [2.75, 3.05) is 25.4 Å². The van der Waals surface area contributed by atoms with Crippen LogP contribution in [0.5, 0.6) is 0 Å². The lowest BCUT2D eigenvalue weighted by molar-refractivity contribution is -0.178. The number of aliphatic hydroxyl groups is 1. The van der Waals surface area contributed by atoms with Crippen molar-refractivity contribution in [1.29, 1.82) is 0 Å². The van der Waals surface area contributed by atoms with E-state index in [1.807, 2.05) is 0 Å². The Morgan fingerprint density at radius 1 is 1.38 bits per heavy atom. The molecule has 132 valence electrons. The van der Waals surface area contributed by atoms with E-state index >= 15 is 0 Å². The molecule has 0 atom stereocenters. The van der Waals surface area contributed by atoms with Crippen molar-refractivity contribution in [2.24, 2.45) is 0 Å². The lowest BCUT2D eigenvalue weighted by Gasteiger charge is -2.27. The topological polar surface area (TPSA) is 75.8 Å². The molecule has 0 fully saturated rings. The number of rotatable bonds is 5. The van der Waals surface area contributed by atoms with Crippen LogP contribution in [-0.2, 0) is 9.53 Å². The maximum atomic E-state index is 13.9. The summed E-state index contributed by atoms with van der Waals surface area (Å²) in [5.74, 6) is -2.80. The largest absolute Gasteiger partial charge is 0.399 e. The molecule has 3 N–H and O–H groups in total. The Balaban J connectivity index is 1.98. The molecule has 1 amide bonds. The van der Waals surface area contributed by atoms with Crippen LogP contribution in [0.3, 0.4) is 0 Å². The standard InChI is InChI=1S/C17H22F2N2O3/c1-17(2,23)24-8-5-15(22)21-6-3-11(4-7-21)16-13(18)9-12(20)10-14(16)19/h3,9-10,23H,4-8,20H2,1-2H3. The van der Waals surface area contributed by atoms with Gasteiger partial charge in [-0.15, -0.1) is 0 Å². The fourth-order valence-electron chi connectivity index (χ4n) is 2.57. The molecular weight excluding hydrogens is 318 g/mol. The lowest BCUT2D eigenvalue weighted by atomic mass is 9.98. The van der Waals surface area contributed by atoms with Gasteiger partial charge in [-0.2, -0.15) is 0 Å². The molecule has 0 bridgehead atoms. The van der Waals surface area contributed by atoms with Crippen molar-refractivity contribution in [2.45, 2.75) is 32.5 Å². The summed E-state index contributed by atoms with van der Waals surface area (Å²) in [6.45, 7) is 3.74. The summed E-state index contributed by atoms with van der Waals surface area (Å²) in [4.78, 5) is 13.7. The molecule has 1 aliphatic rings. The number of anilines is 1. The summed E-state index contributed by atoms with van der Waals surface area (Å²) in [6, 6.07) is 2.18. The summed E-state index contributed by atoms with van der Waals surface area (Å²) < 4.78 is 33.0. The van der Waals surface area contributed by atoms with Gasteiger partial charge in [0.15, 0.2) is 5.79 Å². The van der Waals surface area contributed by atoms with Crippen LogP contribution in [0.2, 0.25) is 0 Å². The molecule has 0 aromatic heterocycles. The van der Waals surface area contributed by atoms with Crippen LogP contribution in [0.4, 0.5) is 14.5 Å². The first kappa shape index (κ1) is 18.4. The maximum absolute atomic E-state index is 13.9. The van der Waals surface area contributed by atoms with E-state index in [0.717, 1.165) is 12.1 Å². The average Bonchev–Trinajstić information content (AvgIpc) is 2.45. The Bertz CT molecular complexity index is 631. The predicted octanol–water partition coefficient (Wildman–Crippen LogP) is 2.30. The van der Waals surface area contributed by atoms with Crippen LogP contribution in [0.25, 0.3) is 5.57 Å². The number of halogens is 2. The number of nitrogens with zero attached hydrogens (tertiary/aromatic N) is 1. The highest BCUT2D eigenvalue weighted by molar-refractivity contribution is 5.78. The Kier molecular flexibility index (Phi) is 5.56. The van der Waals surface area contributed by atoms with Crippen LogP contribution in [0.1, 0.15) is 32.3 Å². The molecule has 0 saturated heterocycles. The molecule has 7 heteroatoms. The van der Waals surface area contributed by atoms with E-state index < -0.39 is 17.4 Å². The van der Waals surface area contributed by atoms with Crippen LogP contribution in [0, 0.1) is 11.6 Å². The number of hydrogen-bond acceptors (Lipinski definition) is 4. The highest BCUT2D eigenvalue weighted by atomic mass is 19.1. The Morgan fingerprint density at radius 2 is 2.00 bits per heavy atom. The molecule has 0 aliphatic carbocycles. The Morgan fingerprint density at radius 3 is 2.50 bits per heavy atom. The highest BCUT2D eigenvalue weighted by Crippen LogP contribution is 2.29. The molecule has 1 heterocycles. The van der Waals surface area contributed by atoms with Gasteiger partial charge in [0.2, 0.25) is 5.91 Å². The first-order chi connectivity index (χ1) is 11.2. The van der Waals surface area contributed by atoms with E-state index in [0.29, 0.717) is 18.5 Å². The third-order valence-corrected chi connectivity index (χ3v) is 3.72. The van der Waals surface area contributed by atoms with E-state index in [1.54, 1.807) is 11.0 Å². The molecule has 0 unspecified atom stereocenters. The molecule has 5 nitrogen and oxygen atoms in total. The number of benzene rings is 1. The monoisotopic (exact) mass is 340 g/mol. The first-order valence-corrected chi connectivity index (χ1v) is 7.75. The van der Waals surface area contributed by atoms with Crippen LogP contribution in [0.15, 0.2) is 18.2 Å². The summed E-state index contributed by atoms with van der Waals surface area (Å²) in [5, 5.41) is 9.44. The van der Waals surface area contributed by atoms with E-state index in [2.05, 4.69) is 0 Å². The SMILES string of the molecule is CC(C)(O)OCCC(=O)N1CC=C(c2c(F)cc(N)cc2F)CC1. The fourth-order valence-corrected chi connectivity index (χ4v) is 2.57. The second-order valence-electron chi connectivity index (χ2n) is 6.22. The number of carbonyl (C=O) groups is 1. The van der Waals surface area contributed by atoms with Gasteiger partial charge in [0, 0.05) is 24.3 Å². The number of ether oxygens (including phenoxy) is 1. The first-order valence-electron chi connectivity index (χ1n) is 7.75.